The summed E-state index contributed by atoms with van der Waals surface area (Å²) in [4.78, 5) is 2.37. The Labute approximate surface area is 216 Å². The van der Waals surface area contributed by atoms with Crippen LogP contribution in [0.1, 0.15) is 0 Å². The van der Waals surface area contributed by atoms with Crippen molar-refractivity contribution >= 4 is 50.9 Å². The van der Waals surface area contributed by atoms with Gasteiger partial charge in [-0.15, -0.1) is 0 Å². The van der Waals surface area contributed by atoms with E-state index in [0.29, 0.717) is 0 Å². The predicted octanol–water partition coefficient (Wildman–Crippen LogP) is 6.91. The maximum atomic E-state index is 6.56. The van der Waals surface area contributed by atoms with Crippen LogP contribution in [-0.4, -0.2) is 6.71 Å². The van der Waals surface area contributed by atoms with Gasteiger partial charge in [0.1, 0.15) is 11.5 Å². The number of para-hydroxylation sites is 2. The summed E-state index contributed by atoms with van der Waals surface area (Å²) >= 11 is 0. The molecule has 0 amide bonds. The van der Waals surface area contributed by atoms with Crippen molar-refractivity contribution in [2.75, 3.05) is 4.90 Å². The molecule has 0 bridgehead atoms. The maximum absolute atomic E-state index is 6.56. The highest BCUT2D eigenvalue weighted by Gasteiger charge is 2.41. The van der Waals surface area contributed by atoms with Gasteiger partial charge >= 0.3 is 0 Å². The minimum absolute atomic E-state index is 0.103. The Morgan fingerprint density at radius 1 is 0.486 bits per heavy atom. The molecule has 0 saturated carbocycles. The summed E-state index contributed by atoms with van der Waals surface area (Å²) in [5.74, 6) is 1.87. The second kappa shape index (κ2) is 7.87. The molecule has 0 radical (unpaired) electrons. The zero-order valence-corrected chi connectivity index (χ0v) is 20.1. The molecule has 6 aromatic carbocycles. The van der Waals surface area contributed by atoms with Gasteiger partial charge < -0.3 is 9.64 Å². The van der Waals surface area contributed by atoms with Crippen molar-refractivity contribution in [1.29, 1.82) is 0 Å². The maximum Gasteiger partial charge on any atom is 0.256 e. The monoisotopic (exact) mass is 471 g/mol. The van der Waals surface area contributed by atoms with Crippen LogP contribution in [-0.2, 0) is 0 Å². The lowest BCUT2D eigenvalue weighted by Gasteiger charge is -2.40. The normalized spacial score (nSPS) is 13.0. The van der Waals surface area contributed by atoms with Crippen LogP contribution >= 0.6 is 0 Å². The molecule has 6 aromatic rings. The quantitative estimate of drug-likeness (QED) is 0.254. The molecule has 8 rings (SSSR count). The van der Waals surface area contributed by atoms with Crippen LogP contribution in [0.4, 0.5) is 17.1 Å². The van der Waals surface area contributed by atoms with Crippen LogP contribution in [0.5, 0.6) is 11.5 Å². The lowest BCUT2D eigenvalue weighted by atomic mass is 9.34. The Hall–Kier alpha value is -4.76. The Morgan fingerprint density at radius 2 is 1.22 bits per heavy atom. The highest BCUT2D eigenvalue weighted by Crippen LogP contribution is 2.40. The van der Waals surface area contributed by atoms with Crippen LogP contribution < -0.4 is 26.0 Å². The van der Waals surface area contributed by atoms with Gasteiger partial charge in [-0.05, 0) is 80.8 Å². The minimum Gasteiger partial charge on any atom is -0.458 e. The minimum atomic E-state index is 0.103. The summed E-state index contributed by atoms with van der Waals surface area (Å²) in [6, 6.07) is 47.7. The molecule has 3 heteroatoms. The van der Waals surface area contributed by atoms with Crippen molar-refractivity contribution in [1.82, 2.24) is 0 Å². The standard InChI is InChI=1S/C34H22BNO/c1-2-11-27(12-3-1)36-30-14-7-6-13-28(30)35-29-22-26(25-18-17-23-9-4-5-10-24(23)21-25)19-20-32(29)37-33-16-8-15-31(36)34(33)35/h1-22H. The fourth-order valence-corrected chi connectivity index (χ4v) is 6.04. The lowest BCUT2D eigenvalue weighted by Crippen LogP contribution is -2.59. The van der Waals surface area contributed by atoms with Crippen LogP contribution in [0.3, 0.4) is 0 Å². The first-order chi connectivity index (χ1) is 18.3. The summed E-state index contributed by atoms with van der Waals surface area (Å²) < 4.78 is 6.56. The van der Waals surface area contributed by atoms with Crippen molar-refractivity contribution in [3.63, 3.8) is 0 Å². The molecule has 2 aliphatic heterocycles. The molecular formula is C34H22BNO. The van der Waals surface area contributed by atoms with E-state index < -0.39 is 0 Å². The van der Waals surface area contributed by atoms with Gasteiger partial charge in [0.2, 0.25) is 0 Å². The molecule has 37 heavy (non-hydrogen) atoms. The van der Waals surface area contributed by atoms with Crippen LogP contribution in [0.25, 0.3) is 21.9 Å². The number of rotatable bonds is 2. The summed E-state index contributed by atoms with van der Waals surface area (Å²) in [5, 5.41) is 2.51. The highest BCUT2D eigenvalue weighted by atomic mass is 16.5. The van der Waals surface area contributed by atoms with Crippen molar-refractivity contribution in [2.24, 2.45) is 0 Å². The van der Waals surface area contributed by atoms with Crippen LogP contribution in [0.15, 0.2) is 133 Å². The van der Waals surface area contributed by atoms with Crippen molar-refractivity contribution in [2.45, 2.75) is 0 Å². The highest BCUT2D eigenvalue weighted by molar-refractivity contribution is 6.99. The number of nitrogens with zero attached hydrogens (tertiary/aromatic N) is 1. The average molecular weight is 471 g/mol. The Balaban J connectivity index is 1.35. The molecule has 2 nitrogen and oxygen atoms in total. The van der Waals surface area contributed by atoms with E-state index in [4.69, 9.17) is 4.74 Å². The third kappa shape index (κ3) is 3.07. The van der Waals surface area contributed by atoms with E-state index in [9.17, 15) is 0 Å². The van der Waals surface area contributed by atoms with E-state index in [1.165, 1.54) is 49.7 Å². The molecule has 0 aromatic heterocycles. The van der Waals surface area contributed by atoms with E-state index in [2.05, 4.69) is 138 Å². The first kappa shape index (κ1) is 20.4. The topological polar surface area (TPSA) is 12.5 Å². The molecule has 0 saturated heterocycles. The Kier molecular flexibility index (Phi) is 4.35. The summed E-state index contributed by atoms with van der Waals surface area (Å²) in [6.07, 6.45) is 0. The number of anilines is 3. The average Bonchev–Trinajstić information content (AvgIpc) is 2.97. The first-order valence-electron chi connectivity index (χ1n) is 12.7. The second-order valence-corrected chi connectivity index (χ2v) is 9.77. The Bertz CT molecular complexity index is 1830. The van der Waals surface area contributed by atoms with Crippen molar-refractivity contribution in [3.8, 4) is 22.6 Å². The van der Waals surface area contributed by atoms with E-state index >= 15 is 0 Å². The van der Waals surface area contributed by atoms with Gasteiger partial charge in [-0.3, -0.25) is 0 Å². The van der Waals surface area contributed by atoms with E-state index in [-0.39, 0.29) is 6.71 Å². The number of benzene rings is 6. The van der Waals surface area contributed by atoms with Gasteiger partial charge in [0, 0.05) is 17.1 Å². The molecule has 0 N–H and O–H groups in total. The lowest BCUT2D eigenvalue weighted by molar-refractivity contribution is 0.487. The van der Waals surface area contributed by atoms with E-state index in [1.807, 2.05) is 0 Å². The van der Waals surface area contributed by atoms with E-state index in [0.717, 1.165) is 17.2 Å². The van der Waals surface area contributed by atoms with Crippen molar-refractivity contribution < 1.29 is 4.74 Å². The second-order valence-electron chi connectivity index (χ2n) is 9.77. The molecular weight excluding hydrogens is 449 g/mol. The van der Waals surface area contributed by atoms with Crippen LogP contribution in [0.2, 0.25) is 0 Å². The number of hydrogen-bond acceptors (Lipinski definition) is 2. The Morgan fingerprint density at radius 3 is 2.14 bits per heavy atom. The SMILES string of the molecule is c1ccc(N2c3ccccc3B3c4cc(-c5ccc6ccccc6c5)ccc4Oc4cccc2c43)cc1. The summed E-state index contributed by atoms with van der Waals surface area (Å²) in [7, 11) is 0. The fraction of sp³-hybridized carbons (Fsp3) is 0. The molecule has 0 unspecified atom stereocenters. The smallest absolute Gasteiger partial charge is 0.256 e. The first-order valence-corrected chi connectivity index (χ1v) is 12.7. The molecule has 0 atom stereocenters. The van der Waals surface area contributed by atoms with Gasteiger partial charge in [-0.2, -0.15) is 0 Å². The number of hydrogen-bond donors (Lipinski definition) is 0. The largest absolute Gasteiger partial charge is 0.458 e. The molecule has 0 fully saturated rings. The number of fused-ring (bicyclic) bond motifs is 5. The number of ether oxygens (including phenoxy) is 1. The summed E-state index contributed by atoms with van der Waals surface area (Å²) in [5.41, 5.74) is 9.71. The van der Waals surface area contributed by atoms with Gasteiger partial charge in [-0.25, -0.2) is 0 Å². The third-order valence-corrected chi connectivity index (χ3v) is 7.70. The third-order valence-electron chi connectivity index (χ3n) is 7.70. The zero-order valence-electron chi connectivity index (χ0n) is 20.1. The molecule has 2 heterocycles. The van der Waals surface area contributed by atoms with Gasteiger partial charge in [0.25, 0.3) is 6.71 Å². The zero-order chi connectivity index (χ0) is 24.3. The fourth-order valence-electron chi connectivity index (χ4n) is 6.04. The molecule has 172 valence electrons. The van der Waals surface area contributed by atoms with Gasteiger partial charge in [-0.1, -0.05) is 91.0 Å². The van der Waals surface area contributed by atoms with Gasteiger partial charge in [0.05, 0.1) is 0 Å². The molecule has 0 spiro atoms. The summed E-state index contributed by atoms with van der Waals surface area (Å²) in [6.45, 7) is 0.103. The van der Waals surface area contributed by atoms with Crippen LogP contribution in [0, 0.1) is 0 Å². The predicted molar refractivity (Wildman–Crippen MR) is 155 cm³/mol. The van der Waals surface area contributed by atoms with E-state index in [1.54, 1.807) is 0 Å². The van der Waals surface area contributed by atoms with Gasteiger partial charge in [0.15, 0.2) is 0 Å². The molecule has 0 aliphatic carbocycles. The van der Waals surface area contributed by atoms with Crippen molar-refractivity contribution in [3.05, 3.63) is 133 Å². The molecule has 2 aliphatic rings.